The molecule has 0 saturated carbocycles. The molecule has 1 aliphatic rings. The van der Waals surface area contributed by atoms with Gasteiger partial charge in [0.1, 0.15) is 0 Å². The van der Waals surface area contributed by atoms with Gasteiger partial charge in [0.25, 0.3) is 0 Å². The van der Waals surface area contributed by atoms with E-state index in [0.29, 0.717) is 6.61 Å². The Morgan fingerprint density at radius 1 is 1.31 bits per heavy atom. The van der Waals surface area contributed by atoms with Crippen LogP contribution >= 0.6 is 0 Å². The first kappa shape index (κ1) is 11.2. The zero-order chi connectivity index (χ0) is 11.5. The minimum Gasteiger partial charge on any atom is -0.500 e. The van der Waals surface area contributed by atoms with E-state index in [0.717, 1.165) is 21.9 Å². The van der Waals surface area contributed by atoms with Gasteiger partial charge in [0.05, 0.1) is 39.2 Å². The van der Waals surface area contributed by atoms with E-state index in [2.05, 4.69) is 0 Å². The minimum absolute atomic E-state index is 0.644. The lowest BCUT2D eigenvalue weighted by atomic mass is 10.3. The number of hydrogen-bond donors (Lipinski definition) is 0. The maximum atomic E-state index is 12.3. The van der Waals surface area contributed by atoms with Crippen molar-refractivity contribution in [3.8, 4) is 0 Å². The highest BCUT2D eigenvalue weighted by Gasteiger charge is 2.18. The molecule has 1 aliphatic heterocycles. The van der Waals surface area contributed by atoms with Gasteiger partial charge in [-0.15, -0.1) is 0 Å². The lowest BCUT2D eigenvalue weighted by Crippen LogP contribution is -2.12. The van der Waals surface area contributed by atoms with E-state index < -0.39 is 10.8 Å². The van der Waals surface area contributed by atoms with Crippen molar-refractivity contribution in [2.45, 2.75) is 11.3 Å². The number of hydrogen-bond acceptors (Lipinski definition) is 3. The summed E-state index contributed by atoms with van der Waals surface area (Å²) in [4.78, 5) is 3.70. The highest BCUT2D eigenvalue weighted by molar-refractivity contribution is 7.89. The molecular formula is C12H15NO2S. The summed E-state index contributed by atoms with van der Waals surface area (Å²) in [6.45, 7) is 0.644. The van der Waals surface area contributed by atoms with Gasteiger partial charge in [-0.05, 0) is 12.1 Å². The van der Waals surface area contributed by atoms with Gasteiger partial charge in [0.15, 0.2) is 0 Å². The van der Waals surface area contributed by atoms with Crippen molar-refractivity contribution in [3.05, 3.63) is 35.4 Å². The second-order valence-electron chi connectivity index (χ2n) is 3.84. The van der Waals surface area contributed by atoms with E-state index in [9.17, 15) is 4.21 Å². The molecule has 0 aliphatic carbocycles. The standard InChI is InChI=1S/C12H15NO2S/c1-13(2)11-5-3-4-6-12(11)16(14)10-7-8-15-9-10/h3-6,9H,7-8H2,1-2H3. The maximum Gasteiger partial charge on any atom is 0.0954 e. The minimum atomic E-state index is -1.10. The third-order valence-electron chi connectivity index (χ3n) is 2.47. The van der Waals surface area contributed by atoms with Crippen molar-refractivity contribution in [1.82, 2.24) is 0 Å². The van der Waals surface area contributed by atoms with Gasteiger partial charge < -0.3 is 9.64 Å². The van der Waals surface area contributed by atoms with Crippen molar-refractivity contribution in [2.75, 3.05) is 25.6 Å². The quantitative estimate of drug-likeness (QED) is 0.806. The number of rotatable bonds is 3. The van der Waals surface area contributed by atoms with Gasteiger partial charge in [-0.3, -0.25) is 0 Å². The molecule has 86 valence electrons. The number of ether oxygens (including phenoxy) is 1. The molecular weight excluding hydrogens is 222 g/mol. The molecule has 3 nitrogen and oxygen atoms in total. The van der Waals surface area contributed by atoms with Crippen LogP contribution in [0.5, 0.6) is 0 Å². The Kier molecular flexibility index (Phi) is 3.29. The van der Waals surface area contributed by atoms with Crippen LogP contribution in [0.25, 0.3) is 0 Å². The first-order valence-electron chi connectivity index (χ1n) is 5.19. The van der Waals surface area contributed by atoms with Crippen LogP contribution in [0.3, 0.4) is 0 Å². The van der Waals surface area contributed by atoms with E-state index in [1.165, 1.54) is 0 Å². The summed E-state index contributed by atoms with van der Waals surface area (Å²) in [5.74, 6) is 0. The van der Waals surface area contributed by atoms with Crippen LogP contribution in [0.15, 0.2) is 40.3 Å². The van der Waals surface area contributed by atoms with E-state index in [-0.39, 0.29) is 0 Å². The van der Waals surface area contributed by atoms with Crippen molar-refractivity contribution < 1.29 is 8.95 Å². The Hall–Kier alpha value is -1.29. The van der Waals surface area contributed by atoms with Gasteiger partial charge in [-0.25, -0.2) is 4.21 Å². The van der Waals surface area contributed by atoms with Crippen LogP contribution in [-0.2, 0) is 15.5 Å². The Bertz CT molecular complexity index is 440. The molecule has 0 spiro atoms. The maximum absolute atomic E-state index is 12.3. The lowest BCUT2D eigenvalue weighted by Gasteiger charge is -2.16. The molecule has 0 saturated heterocycles. The van der Waals surface area contributed by atoms with E-state index in [1.807, 2.05) is 43.3 Å². The average molecular weight is 237 g/mol. The molecule has 1 aromatic carbocycles. The lowest BCUT2D eigenvalue weighted by molar-refractivity contribution is 0.281. The molecule has 0 amide bonds. The number of benzene rings is 1. The first-order chi connectivity index (χ1) is 7.70. The molecule has 1 atom stereocenters. The number of anilines is 1. The summed E-state index contributed by atoms with van der Waals surface area (Å²) >= 11 is 0. The third kappa shape index (κ3) is 2.11. The van der Waals surface area contributed by atoms with Crippen LogP contribution < -0.4 is 4.90 Å². The molecule has 0 fully saturated rings. The normalized spacial score (nSPS) is 16.5. The molecule has 16 heavy (non-hydrogen) atoms. The Morgan fingerprint density at radius 2 is 2.06 bits per heavy atom. The predicted molar refractivity (Wildman–Crippen MR) is 65.8 cm³/mol. The smallest absolute Gasteiger partial charge is 0.0954 e. The fourth-order valence-corrected chi connectivity index (χ4v) is 2.98. The average Bonchev–Trinajstić information content (AvgIpc) is 2.81. The van der Waals surface area contributed by atoms with Gasteiger partial charge >= 0.3 is 0 Å². The van der Waals surface area contributed by atoms with E-state index in [1.54, 1.807) is 6.26 Å². The van der Waals surface area contributed by atoms with Crippen molar-refractivity contribution in [2.24, 2.45) is 0 Å². The highest BCUT2D eigenvalue weighted by Crippen LogP contribution is 2.28. The summed E-state index contributed by atoms with van der Waals surface area (Å²) in [6, 6.07) is 7.75. The van der Waals surface area contributed by atoms with Crippen molar-refractivity contribution in [1.29, 1.82) is 0 Å². The third-order valence-corrected chi connectivity index (χ3v) is 3.99. The second-order valence-corrected chi connectivity index (χ2v) is 5.34. The zero-order valence-corrected chi connectivity index (χ0v) is 10.3. The Balaban J connectivity index is 2.36. The molecule has 1 aromatic rings. The van der Waals surface area contributed by atoms with Gasteiger partial charge in [-0.2, -0.15) is 0 Å². The van der Waals surface area contributed by atoms with E-state index >= 15 is 0 Å². The summed E-state index contributed by atoms with van der Waals surface area (Å²) in [7, 11) is 2.81. The summed E-state index contributed by atoms with van der Waals surface area (Å²) in [5, 5.41) is 0. The number of para-hydroxylation sites is 1. The largest absolute Gasteiger partial charge is 0.500 e. The molecule has 4 heteroatoms. The van der Waals surface area contributed by atoms with Crippen LogP contribution in [0.1, 0.15) is 6.42 Å². The fraction of sp³-hybridized carbons (Fsp3) is 0.333. The van der Waals surface area contributed by atoms with Gasteiger partial charge in [0.2, 0.25) is 0 Å². The van der Waals surface area contributed by atoms with Gasteiger partial charge in [-0.1, -0.05) is 12.1 Å². The number of nitrogens with zero attached hydrogens (tertiary/aromatic N) is 1. The van der Waals surface area contributed by atoms with Crippen LogP contribution in [-0.4, -0.2) is 24.9 Å². The van der Waals surface area contributed by atoms with Gasteiger partial charge in [0, 0.05) is 20.5 Å². The second kappa shape index (κ2) is 4.70. The molecule has 1 heterocycles. The SMILES string of the molecule is CN(C)c1ccccc1S(=O)C1=COCC1. The first-order valence-corrected chi connectivity index (χ1v) is 6.34. The topological polar surface area (TPSA) is 29.5 Å². The fourth-order valence-electron chi connectivity index (χ4n) is 1.63. The van der Waals surface area contributed by atoms with Crippen molar-refractivity contribution >= 4 is 16.5 Å². The monoisotopic (exact) mass is 237 g/mol. The van der Waals surface area contributed by atoms with Crippen molar-refractivity contribution in [3.63, 3.8) is 0 Å². The summed E-state index contributed by atoms with van der Waals surface area (Å²) < 4.78 is 17.4. The highest BCUT2D eigenvalue weighted by atomic mass is 32.2. The molecule has 0 N–H and O–H groups in total. The molecule has 0 bridgehead atoms. The summed E-state index contributed by atoms with van der Waals surface area (Å²) in [5.41, 5.74) is 0.994. The van der Waals surface area contributed by atoms with Crippen LogP contribution in [0.4, 0.5) is 5.69 Å². The Morgan fingerprint density at radius 3 is 2.69 bits per heavy atom. The predicted octanol–water partition coefficient (Wildman–Crippen LogP) is 2.12. The zero-order valence-electron chi connectivity index (χ0n) is 9.47. The Labute approximate surface area is 98.2 Å². The van der Waals surface area contributed by atoms with Crippen LogP contribution in [0.2, 0.25) is 0 Å². The summed E-state index contributed by atoms with van der Waals surface area (Å²) in [6.07, 6.45) is 2.39. The molecule has 0 radical (unpaired) electrons. The van der Waals surface area contributed by atoms with Crippen LogP contribution in [0, 0.1) is 0 Å². The molecule has 0 aromatic heterocycles. The molecule has 1 unspecified atom stereocenters. The molecule has 2 rings (SSSR count). The van der Waals surface area contributed by atoms with E-state index in [4.69, 9.17) is 4.74 Å².